The average Bonchev–Trinajstić information content (AvgIpc) is 3.22. The van der Waals surface area contributed by atoms with Crippen LogP contribution in [-0.4, -0.2) is 39.7 Å². The molecule has 33 heavy (non-hydrogen) atoms. The predicted octanol–water partition coefficient (Wildman–Crippen LogP) is 3.24. The van der Waals surface area contributed by atoms with Gasteiger partial charge in [-0.3, -0.25) is 14.6 Å². The molecular weight excluding hydrogens is 455 g/mol. The summed E-state index contributed by atoms with van der Waals surface area (Å²) < 4.78 is 18.7. The third-order valence-corrected chi connectivity index (χ3v) is 5.57. The number of hydrogen-bond acceptors (Lipinski definition) is 5. The Bertz CT molecular complexity index is 1210. The number of amides is 1. The molecule has 0 saturated heterocycles. The van der Waals surface area contributed by atoms with E-state index in [1.807, 2.05) is 0 Å². The molecule has 3 rings (SSSR count). The lowest BCUT2D eigenvalue weighted by atomic mass is 9.82. The van der Waals surface area contributed by atoms with Crippen molar-refractivity contribution in [2.45, 2.75) is 25.8 Å². The zero-order valence-corrected chi connectivity index (χ0v) is 18.4. The number of rotatable bonds is 9. The highest BCUT2D eigenvalue weighted by Gasteiger charge is 2.36. The number of halogens is 2. The first-order valence-electron chi connectivity index (χ1n) is 9.98. The monoisotopic (exact) mass is 476 g/mol. The Morgan fingerprint density at radius 2 is 1.94 bits per heavy atom. The molecule has 4 N–H and O–H groups in total. The van der Waals surface area contributed by atoms with Crippen molar-refractivity contribution in [3.63, 3.8) is 0 Å². The van der Waals surface area contributed by atoms with E-state index in [1.54, 1.807) is 24.3 Å². The number of carbonyl (C=O) groups excluding carboxylic acids is 1. The van der Waals surface area contributed by atoms with Crippen molar-refractivity contribution in [1.82, 2.24) is 10.3 Å². The summed E-state index contributed by atoms with van der Waals surface area (Å²) in [7, 11) is 0. The first kappa shape index (κ1) is 24.2. The molecule has 2 atom stereocenters. The maximum atomic E-state index is 14.2. The van der Waals surface area contributed by atoms with Crippen LogP contribution in [-0.2, 0) is 11.2 Å². The molecule has 8 nitrogen and oxygen atoms in total. The highest BCUT2D eigenvalue weighted by atomic mass is 35.5. The summed E-state index contributed by atoms with van der Waals surface area (Å²) in [5.74, 6) is -3.10. The SMILES string of the molecule is C[C@@](CO)(C[C@@H](Cc1ccc(-c2cc(Cl)ccc2F)cc1)NC(=O)c1coc(=O)[nH]1)C(=O)O. The van der Waals surface area contributed by atoms with Crippen LogP contribution in [0, 0.1) is 11.2 Å². The second-order valence-corrected chi connectivity index (χ2v) is 8.42. The Balaban J connectivity index is 1.84. The van der Waals surface area contributed by atoms with Crippen molar-refractivity contribution < 1.29 is 28.6 Å². The van der Waals surface area contributed by atoms with Gasteiger partial charge in [0.15, 0.2) is 0 Å². The van der Waals surface area contributed by atoms with Gasteiger partial charge < -0.3 is 19.9 Å². The van der Waals surface area contributed by atoms with Gasteiger partial charge in [-0.2, -0.15) is 0 Å². The van der Waals surface area contributed by atoms with Crippen molar-refractivity contribution in [2.24, 2.45) is 5.41 Å². The van der Waals surface area contributed by atoms with Crippen LogP contribution in [0.3, 0.4) is 0 Å². The van der Waals surface area contributed by atoms with Gasteiger partial charge in [0.25, 0.3) is 5.91 Å². The summed E-state index contributed by atoms with van der Waals surface area (Å²) >= 11 is 5.96. The molecule has 1 heterocycles. The number of carboxylic acids is 1. The number of H-pyrrole nitrogens is 1. The molecule has 0 spiro atoms. The van der Waals surface area contributed by atoms with Gasteiger partial charge in [0.1, 0.15) is 17.8 Å². The van der Waals surface area contributed by atoms with Crippen molar-refractivity contribution in [1.29, 1.82) is 0 Å². The van der Waals surface area contributed by atoms with E-state index in [4.69, 9.17) is 11.6 Å². The van der Waals surface area contributed by atoms with Gasteiger partial charge in [-0.05, 0) is 49.1 Å². The van der Waals surface area contributed by atoms with Crippen LogP contribution in [0.4, 0.5) is 4.39 Å². The molecule has 0 unspecified atom stereocenters. The van der Waals surface area contributed by atoms with Gasteiger partial charge >= 0.3 is 11.7 Å². The first-order chi connectivity index (χ1) is 15.6. The molecule has 0 aliphatic carbocycles. The van der Waals surface area contributed by atoms with Crippen LogP contribution in [0.5, 0.6) is 0 Å². The zero-order chi connectivity index (χ0) is 24.2. The van der Waals surface area contributed by atoms with E-state index in [9.17, 15) is 29.0 Å². The topological polar surface area (TPSA) is 133 Å². The Hall–Kier alpha value is -3.43. The Kier molecular flexibility index (Phi) is 7.35. The third-order valence-electron chi connectivity index (χ3n) is 5.34. The molecular formula is C23H22ClFN2O6. The quantitative estimate of drug-likeness (QED) is 0.375. The number of carbonyl (C=O) groups is 2. The number of aromatic amines is 1. The van der Waals surface area contributed by atoms with Gasteiger partial charge in [-0.25, -0.2) is 9.18 Å². The van der Waals surface area contributed by atoms with Crippen LogP contribution in [0.25, 0.3) is 11.1 Å². The average molecular weight is 477 g/mol. The van der Waals surface area contributed by atoms with E-state index < -0.39 is 41.5 Å². The fourth-order valence-electron chi connectivity index (χ4n) is 3.42. The highest BCUT2D eigenvalue weighted by Crippen LogP contribution is 2.28. The fraction of sp³-hybridized carbons (Fsp3) is 0.261. The lowest BCUT2D eigenvalue weighted by Gasteiger charge is -2.28. The summed E-state index contributed by atoms with van der Waals surface area (Å²) in [4.78, 5) is 37.6. The van der Waals surface area contributed by atoms with Crippen molar-refractivity contribution >= 4 is 23.5 Å². The van der Waals surface area contributed by atoms with Gasteiger partial charge in [0, 0.05) is 16.6 Å². The molecule has 10 heteroatoms. The second-order valence-electron chi connectivity index (χ2n) is 7.99. The summed E-state index contributed by atoms with van der Waals surface area (Å²) in [6.07, 6.45) is 1.10. The summed E-state index contributed by atoms with van der Waals surface area (Å²) in [5.41, 5.74) is 0.0456. The first-order valence-corrected chi connectivity index (χ1v) is 10.4. The standard InChI is InChI=1S/C23H22ClFN2O6/c1-23(12-28,21(30)31)10-16(26-20(29)19-11-33-22(32)27-19)8-13-2-4-14(5-3-13)17-9-15(24)6-7-18(17)25/h2-7,9,11,16,28H,8,10,12H2,1H3,(H,26,29)(H,27,32)(H,30,31)/t16-,23+/m1/s1. The molecule has 2 aromatic carbocycles. The number of aromatic nitrogens is 1. The second kappa shape index (κ2) is 10.0. The van der Waals surface area contributed by atoms with Crippen LogP contribution in [0.2, 0.25) is 5.02 Å². The minimum Gasteiger partial charge on any atom is -0.481 e. The molecule has 0 aliphatic heterocycles. The fourth-order valence-corrected chi connectivity index (χ4v) is 3.59. The number of benzene rings is 2. The number of carboxylic acid groups (broad SMARTS) is 1. The predicted molar refractivity (Wildman–Crippen MR) is 119 cm³/mol. The maximum absolute atomic E-state index is 14.2. The minimum atomic E-state index is -1.51. The van der Waals surface area contributed by atoms with E-state index in [-0.39, 0.29) is 18.5 Å². The third kappa shape index (κ3) is 5.88. The van der Waals surface area contributed by atoms with E-state index in [0.29, 0.717) is 16.1 Å². The van der Waals surface area contributed by atoms with Crippen LogP contribution in [0.1, 0.15) is 29.4 Å². The summed E-state index contributed by atoms with van der Waals surface area (Å²) in [5, 5.41) is 22.2. The van der Waals surface area contributed by atoms with Crippen LogP contribution >= 0.6 is 11.6 Å². The molecule has 0 saturated carbocycles. The number of nitrogens with one attached hydrogen (secondary N) is 2. The van der Waals surface area contributed by atoms with Crippen LogP contribution in [0.15, 0.2) is 57.9 Å². The molecule has 174 valence electrons. The van der Waals surface area contributed by atoms with E-state index in [0.717, 1.165) is 11.8 Å². The number of hydrogen-bond donors (Lipinski definition) is 4. The summed E-state index contributed by atoms with van der Waals surface area (Å²) in [6.45, 7) is 0.740. The van der Waals surface area contributed by atoms with Crippen molar-refractivity contribution in [3.05, 3.63) is 81.4 Å². The van der Waals surface area contributed by atoms with Gasteiger partial charge in [0.05, 0.1) is 12.0 Å². The Morgan fingerprint density at radius 1 is 1.24 bits per heavy atom. The molecule has 0 bridgehead atoms. The highest BCUT2D eigenvalue weighted by molar-refractivity contribution is 6.30. The largest absolute Gasteiger partial charge is 0.481 e. The molecule has 0 aliphatic rings. The van der Waals surface area contributed by atoms with E-state index in [2.05, 4.69) is 14.7 Å². The number of aliphatic hydroxyl groups is 1. The molecule has 3 aromatic rings. The van der Waals surface area contributed by atoms with Gasteiger partial charge in [-0.15, -0.1) is 0 Å². The van der Waals surface area contributed by atoms with E-state index in [1.165, 1.54) is 25.1 Å². The minimum absolute atomic E-state index is 0.0860. The van der Waals surface area contributed by atoms with Crippen molar-refractivity contribution in [2.75, 3.05) is 6.61 Å². The maximum Gasteiger partial charge on any atom is 0.416 e. The number of oxazole rings is 1. The zero-order valence-electron chi connectivity index (χ0n) is 17.6. The molecule has 0 radical (unpaired) electrons. The normalized spacial score (nSPS) is 13.8. The van der Waals surface area contributed by atoms with Crippen LogP contribution < -0.4 is 11.1 Å². The molecule has 0 fully saturated rings. The number of aliphatic carboxylic acids is 1. The summed E-state index contributed by atoms with van der Waals surface area (Å²) in [6, 6.07) is 10.4. The van der Waals surface area contributed by atoms with E-state index >= 15 is 0 Å². The van der Waals surface area contributed by atoms with Crippen molar-refractivity contribution in [3.8, 4) is 11.1 Å². The smallest absolute Gasteiger partial charge is 0.416 e. The molecule has 1 aromatic heterocycles. The lowest BCUT2D eigenvalue weighted by Crippen LogP contribution is -2.44. The lowest BCUT2D eigenvalue weighted by molar-refractivity contribution is -0.151. The Morgan fingerprint density at radius 3 is 2.52 bits per heavy atom. The number of aliphatic hydroxyl groups excluding tert-OH is 1. The van der Waals surface area contributed by atoms with Gasteiger partial charge in [-0.1, -0.05) is 35.9 Å². The van der Waals surface area contributed by atoms with Gasteiger partial charge in [0.2, 0.25) is 0 Å². The molecule has 1 amide bonds. The Labute approximate surface area is 193 Å².